The van der Waals surface area contributed by atoms with Crippen molar-refractivity contribution in [2.24, 2.45) is 0 Å². The standard InChI is InChI=1S/C23H29NO3/c1-5-8-18-15-19(23(27-7-3)16-22(18)26-6-2)11-14-21(25)17-9-12-20(24-4)13-10-17/h9-16,24H,5-8H2,1-4H3/b14-11+. The summed E-state index contributed by atoms with van der Waals surface area (Å²) in [6.07, 6.45) is 5.37. The Bertz CT molecular complexity index is 779. The molecule has 0 amide bonds. The zero-order valence-electron chi connectivity index (χ0n) is 16.7. The van der Waals surface area contributed by atoms with Gasteiger partial charge in [-0.25, -0.2) is 0 Å². The van der Waals surface area contributed by atoms with Crippen LogP contribution in [0.2, 0.25) is 0 Å². The van der Waals surface area contributed by atoms with Crippen LogP contribution in [0, 0.1) is 0 Å². The maximum Gasteiger partial charge on any atom is 0.185 e. The molecule has 0 atom stereocenters. The van der Waals surface area contributed by atoms with Crippen molar-refractivity contribution in [3.8, 4) is 11.5 Å². The Hall–Kier alpha value is -2.75. The number of carbonyl (C=O) groups is 1. The molecule has 2 aromatic rings. The summed E-state index contributed by atoms with van der Waals surface area (Å²) in [4.78, 5) is 12.5. The Morgan fingerprint density at radius 3 is 2.26 bits per heavy atom. The molecule has 2 rings (SSSR count). The zero-order chi connectivity index (χ0) is 19.6. The van der Waals surface area contributed by atoms with Crippen LogP contribution in [0.25, 0.3) is 6.08 Å². The van der Waals surface area contributed by atoms with Crippen molar-refractivity contribution in [2.45, 2.75) is 33.6 Å². The summed E-state index contributed by atoms with van der Waals surface area (Å²) in [5.41, 5.74) is 3.66. The van der Waals surface area contributed by atoms with Gasteiger partial charge < -0.3 is 14.8 Å². The molecule has 0 aliphatic heterocycles. The van der Waals surface area contributed by atoms with Crippen molar-refractivity contribution in [3.63, 3.8) is 0 Å². The van der Waals surface area contributed by atoms with Gasteiger partial charge in [0.1, 0.15) is 11.5 Å². The number of benzene rings is 2. The van der Waals surface area contributed by atoms with E-state index in [1.165, 1.54) is 0 Å². The van der Waals surface area contributed by atoms with E-state index < -0.39 is 0 Å². The van der Waals surface area contributed by atoms with E-state index in [1.807, 2.05) is 57.3 Å². The second kappa shape index (κ2) is 10.4. The molecule has 0 fully saturated rings. The predicted octanol–water partition coefficient (Wildman–Crippen LogP) is 5.37. The van der Waals surface area contributed by atoms with E-state index in [9.17, 15) is 4.79 Å². The molecule has 2 aromatic carbocycles. The number of allylic oxidation sites excluding steroid dienone is 1. The molecule has 27 heavy (non-hydrogen) atoms. The molecule has 0 bridgehead atoms. The number of anilines is 1. The number of rotatable bonds is 10. The van der Waals surface area contributed by atoms with Crippen LogP contribution >= 0.6 is 0 Å². The topological polar surface area (TPSA) is 47.6 Å². The van der Waals surface area contributed by atoms with Crippen molar-refractivity contribution in [1.82, 2.24) is 0 Å². The van der Waals surface area contributed by atoms with Crippen LogP contribution in [0.4, 0.5) is 5.69 Å². The fourth-order valence-electron chi connectivity index (χ4n) is 2.85. The predicted molar refractivity (Wildman–Crippen MR) is 112 cm³/mol. The van der Waals surface area contributed by atoms with Gasteiger partial charge in [0.2, 0.25) is 0 Å². The first kappa shape index (κ1) is 20.6. The highest BCUT2D eigenvalue weighted by molar-refractivity contribution is 6.07. The van der Waals surface area contributed by atoms with Crippen molar-refractivity contribution < 1.29 is 14.3 Å². The summed E-state index contributed by atoms with van der Waals surface area (Å²) < 4.78 is 11.5. The van der Waals surface area contributed by atoms with Crippen molar-refractivity contribution in [1.29, 1.82) is 0 Å². The van der Waals surface area contributed by atoms with Gasteiger partial charge in [0.05, 0.1) is 13.2 Å². The highest BCUT2D eigenvalue weighted by atomic mass is 16.5. The molecule has 0 heterocycles. The molecule has 0 aromatic heterocycles. The summed E-state index contributed by atoms with van der Waals surface area (Å²) in [6.45, 7) is 7.22. The van der Waals surface area contributed by atoms with Crippen molar-refractivity contribution in [2.75, 3.05) is 25.6 Å². The summed E-state index contributed by atoms with van der Waals surface area (Å²) in [5.74, 6) is 1.55. The van der Waals surface area contributed by atoms with Gasteiger partial charge in [-0.05, 0) is 68.3 Å². The lowest BCUT2D eigenvalue weighted by atomic mass is 10.0. The van der Waals surface area contributed by atoms with E-state index in [4.69, 9.17) is 9.47 Å². The quantitative estimate of drug-likeness (QED) is 0.453. The van der Waals surface area contributed by atoms with Crippen LogP contribution in [0.5, 0.6) is 11.5 Å². The number of hydrogen-bond donors (Lipinski definition) is 1. The molecule has 1 N–H and O–H groups in total. The van der Waals surface area contributed by atoms with Gasteiger partial charge in [-0.15, -0.1) is 0 Å². The minimum absolute atomic E-state index is 0.0361. The van der Waals surface area contributed by atoms with Crippen LogP contribution in [0.3, 0.4) is 0 Å². The van der Waals surface area contributed by atoms with Gasteiger partial charge in [0, 0.05) is 29.9 Å². The van der Waals surface area contributed by atoms with Crippen molar-refractivity contribution in [3.05, 3.63) is 59.2 Å². The van der Waals surface area contributed by atoms with E-state index in [1.54, 1.807) is 6.08 Å². The number of nitrogens with one attached hydrogen (secondary N) is 1. The van der Waals surface area contributed by atoms with Gasteiger partial charge in [0.15, 0.2) is 5.78 Å². The summed E-state index contributed by atoms with van der Waals surface area (Å²) in [6, 6.07) is 11.4. The average Bonchev–Trinajstić information content (AvgIpc) is 2.69. The lowest BCUT2D eigenvalue weighted by Gasteiger charge is -2.15. The summed E-state index contributed by atoms with van der Waals surface area (Å²) in [7, 11) is 1.85. The molecule has 144 valence electrons. The molecule has 0 aliphatic carbocycles. The highest BCUT2D eigenvalue weighted by Crippen LogP contribution is 2.31. The molecule has 0 saturated heterocycles. The van der Waals surface area contributed by atoms with Crippen molar-refractivity contribution >= 4 is 17.5 Å². The fraction of sp³-hybridized carbons (Fsp3) is 0.348. The number of hydrogen-bond acceptors (Lipinski definition) is 4. The Morgan fingerprint density at radius 1 is 1.00 bits per heavy atom. The molecule has 0 radical (unpaired) electrons. The Balaban J connectivity index is 2.32. The Labute approximate surface area is 162 Å². The van der Waals surface area contributed by atoms with Gasteiger partial charge in [0.25, 0.3) is 0 Å². The molecule has 0 spiro atoms. The normalized spacial score (nSPS) is 10.8. The van der Waals surface area contributed by atoms with Crippen LogP contribution in [-0.2, 0) is 6.42 Å². The van der Waals surface area contributed by atoms with E-state index in [-0.39, 0.29) is 5.78 Å². The maximum absolute atomic E-state index is 12.5. The zero-order valence-corrected chi connectivity index (χ0v) is 16.7. The minimum Gasteiger partial charge on any atom is -0.493 e. The first-order valence-corrected chi connectivity index (χ1v) is 9.55. The largest absolute Gasteiger partial charge is 0.493 e. The Morgan fingerprint density at radius 2 is 1.67 bits per heavy atom. The lowest BCUT2D eigenvalue weighted by Crippen LogP contribution is -2.01. The molecule has 4 nitrogen and oxygen atoms in total. The second-order valence-corrected chi connectivity index (χ2v) is 6.14. The van der Waals surface area contributed by atoms with Gasteiger partial charge in [-0.2, -0.15) is 0 Å². The van der Waals surface area contributed by atoms with Crippen LogP contribution in [0.1, 0.15) is 48.7 Å². The minimum atomic E-state index is -0.0361. The van der Waals surface area contributed by atoms with Crippen LogP contribution in [-0.4, -0.2) is 26.0 Å². The van der Waals surface area contributed by atoms with Crippen LogP contribution in [0.15, 0.2) is 42.5 Å². The van der Waals surface area contributed by atoms with Gasteiger partial charge in [-0.3, -0.25) is 4.79 Å². The first-order valence-electron chi connectivity index (χ1n) is 9.55. The van der Waals surface area contributed by atoms with E-state index in [0.29, 0.717) is 18.8 Å². The molecule has 0 saturated carbocycles. The third kappa shape index (κ3) is 5.61. The summed E-state index contributed by atoms with van der Waals surface area (Å²) in [5, 5.41) is 3.05. The maximum atomic E-state index is 12.5. The SMILES string of the molecule is CCCc1cc(/C=C/C(=O)c2ccc(NC)cc2)c(OCC)cc1OCC. The van der Waals surface area contributed by atoms with E-state index in [2.05, 4.69) is 18.3 Å². The van der Waals surface area contributed by atoms with Gasteiger partial charge in [-0.1, -0.05) is 13.3 Å². The van der Waals surface area contributed by atoms with Crippen LogP contribution < -0.4 is 14.8 Å². The average molecular weight is 367 g/mol. The summed E-state index contributed by atoms with van der Waals surface area (Å²) >= 11 is 0. The highest BCUT2D eigenvalue weighted by Gasteiger charge is 2.11. The monoisotopic (exact) mass is 367 g/mol. The molecule has 4 heteroatoms. The smallest absolute Gasteiger partial charge is 0.185 e. The number of aryl methyl sites for hydroxylation is 1. The third-order valence-corrected chi connectivity index (χ3v) is 4.18. The molecular formula is C23H29NO3. The van der Waals surface area contributed by atoms with Gasteiger partial charge >= 0.3 is 0 Å². The van der Waals surface area contributed by atoms with E-state index >= 15 is 0 Å². The third-order valence-electron chi connectivity index (χ3n) is 4.18. The number of ketones is 1. The molecule has 0 aliphatic rings. The first-order chi connectivity index (χ1) is 13.1. The molecule has 0 unspecified atom stereocenters. The lowest BCUT2D eigenvalue weighted by molar-refractivity contribution is 0.104. The fourth-order valence-corrected chi connectivity index (χ4v) is 2.85. The number of carbonyl (C=O) groups excluding carboxylic acids is 1. The Kier molecular flexibility index (Phi) is 7.93. The second-order valence-electron chi connectivity index (χ2n) is 6.14. The number of ether oxygens (including phenoxy) is 2. The molecular weight excluding hydrogens is 338 g/mol. The van der Waals surface area contributed by atoms with E-state index in [0.717, 1.165) is 41.2 Å².